The van der Waals surface area contributed by atoms with Gasteiger partial charge in [0.05, 0.1) is 31.6 Å². The summed E-state index contributed by atoms with van der Waals surface area (Å²) in [6, 6.07) is 8.02. The van der Waals surface area contributed by atoms with E-state index in [-0.39, 0.29) is 31.7 Å². The smallest absolute Gasteiger partial charge is 0.227 e. The molecule has 0 unspecified atom stereocenters. The molecular formula is C29H40N6O5S. The predicted octanol–water partition coefficient (Wildman–Crippen LogP) is 3.20. The molecule has 0 spiro atoms. The summed E-state index contributed by atoms with van der Waals surface area (Å²) in [5.74, 6) is 2.54. The van der Waals surface area contributed by atoms with Crippen LogP contribution in [0.4, 0.5) is 11.8 Å². The third-order valence-electron chi connectivity index (χ3n) is 7.20. The number of carbonyl (C=O) groups is 1. The lowest BCUT2D eigenvalue weighted by molar-refractivity contribution is 0.0209. The van der Waals surface area contributed by atoms with Crippen LogP contribution in [0, 0.1) is 0 Å². The second-order valence-electron chi connectivity index (χ2n) is 10.5. The summed E-state index contributed by atoms with van der Waals surface area (Å²) in [5.41, 5.74) is 2.85. The maximum absolute atomic E-state index is 13.1. The third-order valence-corrected chi connectivity index (χ3v) is 7.20. The van der Waals surface area contributed by atoms with Crippen LogP contribution in [0.15, 0.2) is 41.3 Å². The zero-order chi connectivity index (χ0) is 27.9. The summed E-state index contributed by atoms with van der Waals surface area (Å²) < 4.78 is 16.3. The van der Waals surface area contributed by atoms with Crippen LogP contribution < -0.4 is 15.0 Å². The first kappa shape index (κ1) is 30.8. The largest absolute Gasteiger partial charge is 0.486 e. The van der Waals surface area contributed by atoms with E-state index < -0.39 is 6.10 Å². The highest BCUT2D eigenvalue weighted by Gasteiger charge is 2.23. The van der Waals surface area contributed by atoms with Crippen LogP contribution in [-0.4, -0.2) is 82.8 Å². The van der Waals surface area contributed by atoms with Crippen molar-refractivity contribution < 1.29 is 23.8 Å². The highest BCUT2D eigenvalue weighted by Crippen LogP contribution is 2.25. The summed E-state index contributed by atoms with van der Waals surface area (Å²) in [4.78, 5) is 30.3. The van der Waals surface area contributed by atoms with E-state index in [0.29, 0.717) is 56.0 Å². The molecule has 11 nitrogen and oxygen atoms in total. The van der Waals surface area contributed by atoms with Gasteiger partial charge in [-0.3, -0.25) is 9.69 Å². The van der Waals surface area contributed by atoms with Crippen LogP contribution in [-0.2, 0) is 24.3 Å². The van der Waals surface area contributed by atoms with Crippen molar-refractivity contribution in [3.63, 3.8) is 0 Å². The number of rotatable bonds is 14. The molecule has 0 amide bonds. The number of aromatic nitrogens is 3. The number of aliphatic hydroxyl groups excluding tert-OH is 1. The Kier molecular flexibility index (Phi) is 11.0. The van der Waals surface area contributed by atoms with Crippen LogP contribution in [0.25, 0.3) is 0 Å². The Balaban J connectivity index is 0.00000387. The van der Waals surface area contributed by atoms with Crippen molar-refractivity contribution in [3.05, 3.63) is 59.4 Å². The van der Waals surface area contributed by atoms with Gasteiger partial charge in [-0.05, 0) is 42.5 Å². The number of ether oxygens (including phenoxy) is 2. The maximum Gasteiger partial charge on any atom is 0.227 e. The Morgan fingerprint density at radius 1 is 1.27 bits per heavy atom. The van der Waals surface area contributed by atoms with Crippen molar-refractivity contribution in [2.24, 2.45) is 0 Å². The van der Waals surface area contributed by atoms with Gasteiger partial charge >= 0.3 is 0 Å². The first-order valence-electron chi connectivity index (χ1n) is 14.0. The molecule has 2 aliphatic rings. The van der Waals surface area contributed by atoms with Gasteiger partial charge < -0.3 is 29.2 Å². The molecule has 1 saturated heterocycles. The molecule has 3 aromatic rings. The van der Waals surface area contributed by atoms with Crippen molar-refractivity contribution in [1.29, 1.82) is 0 Å². The topological polar surface area (TPSA) is 126 Å². The first-order valence-corrected chi connectivity index (χ1v) is 14.0. The number of fused-ring (bicyclic) bond motifs is 1. The van der Waals surface area contributed by atoms with Gasteiger partial charge in [0.15, 0.2) is 17.9 Å². The number of ketones is 1. The minimum Gasteiger partial charge on any atom is -0.486 e. The van der Waals surface area contributed by atoms with Crippen LogP contribution in [0.5, 0.6) is 5.75 Å². The number of nitrogens with zero attached hydrogens (tertiary/aromatic N) is 5. The summed E-state index contributed by atoms with van der Waals surface area (Å²) >= 11 is 0. The van der Waals surface area contributed by atoms with Gasteiger partial charge in [-0.25, -0.2) is 9.97 Å². The lowest BCUT2D eigenvalue weighted by atomic mass is 9.98. The second-order valence-corrected chi connectivity index (χ2v) is 10.5. The van der Waals surface area contributed by atoms with Gasteiger partial charge in [0.1, 0.15) is 23.9 Å². The fourth-order valence-electron chi connectivity index (χ4n) is 4.90. The van der Waals surface area contributed by atoms with Crippen LogP contribution in [0.3, 0.4) is 0 Å². The molecular weight excluding hydrogens is 544 g/mol. The number of carbonyl (C=O) groups excluding carboxylic acids is 1. The highest BCUT2D eigenvalue weighted by atomic mass is 32.1. The summed E-state index contributed by atoms with van der Waals surface area (Å²) in [6.07, 6.45) is 4.85. The first-order chi connectivity index (χ1) is 19.5. The molecule has 1 atom stereocenters. The van der Waals surface area contributed by atoms with Gasteiger partial charge in [0.2, 0.25) is 5.95 Å². The van der Waals surface area contributed by atoms with E-state index in [1.165, 1.54) is 17.5 Å². The van der Waals surface area contributed by atoms with E-state index >= 15 is 0 Å². The average molecular weight is 585 g/mol. The van der Waals surface area contributed by atoms with Gasteiger partial charge in [-0.2, -0.15) is 18.5 Å². The van der Waals surface area contributed by atoms with Crippen molar-refractivity contribution in [1.82, 2.24) is 19.9 Å². The van der Waals surface area contributed by atoms with Gasteiger partial charge in [-0.15, -0.1) is 0 Å². The molecule has 1 fully saturated rings. The minimum atomic E-state index is -0.608. The molecule has 222 valence electrons. The Bertz CT molecular complexity index is 1270. The third kappa shape index (κ3) is 8.41. The maximum atomic E-state index is 13.1. The molecule has 2 N–H and O–H groups in total. The van der Waals surface area contributed by atoms with Crippen molar-refractivity contribution in [3.8, 4) is 5.75 Å². The zero-order valence-electron chi connectivity index (χ0n) is 23.7. The van der Waals surface area contributed by atoms with Crippen LogP contribution >= 0.6 is 13.5 Å². The molecule has 0 bridgehead atoms. The van der Waals surface area contributed by atoms with Crippen LogP contribution in [0.1, 0.15) is 53.6 Å². The number of nitrogens with one attached hydrogen (secondary N) is 1. The quantitative estimate of drug-likeness (QED) is 0.271. The van der Waals surface area contributed by atoms with E-state index in [0.717, 1.165) is 38.2 Å². The number of benzene rings is 1. The molecule has 4 heterocycles. The van der Waals surface area contributed by atoms with Crippen molar-refractivity contribution >= 4 is 31.0 Å². The molecule has 1 aromatic carbocycles. The Labute approximate surface area is 247 Å². The standard InChI is InChI=1S/C29H38N6O5.H2S/c1-3-9-34(2)29-32-26(12-28(33-29)31-22-16-38-17-22)27(37)7-5-23(36)15-35-10-8-20-11-24(6-4-21(20)14-35)39-18-25-13-30-19-40-25;/h4,6,11-13,19,22-23,36H,3,5,7-10,14-18H2,1-2H3,(H,31,32,33);1H2/t23-;/m0./s1. The van der Waals surface area contributed by atoms with E-state index in [4.69, 9.17) is 13.9 Å². The van der Waals surface area contributed by atoms with E-state index in [9.17, 15) is 9.90 Å². The van der Waals surface area contributed by atoms with Gasteiger partial charge in [0.25, 0.3) is 0 Å². The van der Waals surface area contributed by atoms with E-state index in [2.05, 4.69) is 44.2 Å². The molecule has 0 saturated carbocycles. The zero-order valence-corrected chi connectivity index (χ0v) is 24.7. The van der Waals surface area contributed by atoms with E-state index in [1.54, 1.807) is 12.3 Å². The molecule has 12 heteroatoms. The number of β-amino-alcohol motifs (C(OH)–C–C–N with tert-alkyl or cyclic N) is 1. The monoisotopic (exact) mass is 584 g/mol. The Hall–Kier alpha value is -3.19. The SMILES string of the molecule is CCCN(C)c1nc(NC2COC2)cc(C(=O)CC[C@H](O)CN2CCc3cc(OCc4cnco4)ccc3C2)n1.S. The van der Waals surface area contributed by atoms with Crippen molar-refractivity contribution in [2.75, 3.05) is 50.1 Å². The molecule has 41 heavy (non-hydrogen) atoms. The number of oxazole rings is 1. The van der Waals surface area contributed by atoms with Gasteiger partial charge in [-0.1, -0.05) is 13.0 Å². The molecule has 0 aliphatic carbocycles. The Morgan fingerprint density at radius 2 is 2.12 bits per heavy atom. The average Bonchev–Trinajstić information content (AvgIpc) is 3.46. The second kappa shape index (κ2) is 14.6. The number of hydrogen-bond donors (Lipinski definition) is 2. The summed E-state index contributed by atoms with van der Waals surface area (Å²) in [6.45, 7) is 6.57. The molecule has 2 aromatic heterocycles. The van der Waals surface area contributed by atoms with Crippen LogP contribution in [0.2, 0.25) is 0 Å². The number of aliphatic hydroxyl groups is 1. The lowest BCUT2D eigenvalue weighted by Gasteiger charge is -2.30. The van der Waals surface area contributed by atoms with Gasteiger partial charge in [0, 0.05) is 45.7 Å². The fourth-order valence-corrected chi connectivity index (χ4v) is 4.90. The summed E-state index contributed by atoms with van der Waals surface area (Å²) in [5, 5.41) is 14.1. The number of Topliss-reactive ketones (excluding diaryl/α,β-unsaturated/α-hetero) is 1. The van der Waals surface area contributed by atoms with Crippen molar-refractivity contribution in [2.45, 2.75) is 57.9 Å². The Morgan fingerprint density at radius 3 is 2.85 bits per heavy atom. The highest BCUT2D eigenvalue weighted by molar-refractivity contribution is 7.59. The fraction of sp³-hybridized carbons (Fsp3) is 0.517. The van der Waals surface area contributed by atoms with E-state index in [1.807, 2.05) is 18.0 Å². The normalized spacial score (nSPS) is 15.8. The molecule has 0 radical (unpaired) electrons. The lowest BCUT2D eigenvalue weighted by Crippen LogP contribution is -2.40. The molecule has 5 rings (SSSR count). The minimum absolute atomic E-state index is 0. The predicted molar refractivity (Wildman–Crippen MR) is 160 cm³/mol. The summed E-state index contributed by atoms with van der Waals surface area (Å²) in [7, 11) is 1.93. The number of hydrogen-bond acceptors (Lipinski definition) is 11. The number of anilines is 2. The molecule has 2 aliphatic heterocycles.